The average Bonchev–Trinajstić information content (AvgIpc) is 2.37. The molecule has 0 aliphatic heterocycles. The van der Waals surface area contributed by atoms with Crippen LogP contribution in [-0.2, 0) is 9.84 Å². The van der Waals surface area contributed by atoms with Crippen LogP contribution in [0.15, 0.2) is 29.2 Å². The van der Waals surface area contributed by atoms with Crippen molar-refractivity contribution in [3.63, 3.8) is 0 Å². The number of hydrogen-bond acceptors (Lipinski definition) is 3. The highest BCUT2D eigenvalue weighted by molar-refractivity contribution is 7.90. The lowest BCUT2D eigenvalue weighted by Crippen LogP contribution is -2.24. The summed E-state index contributed by atoms with van der Waals surface area (Å²) in [6.07, 6.45) is 5.12. The molecule has 0 saturated heterocycles. The number of amides is 1. The van der Waals surface area contributed by atoms with E-state index in [2.05, 4.69) is 12.2 Å². The summed E-state index contributed by atoms with van der Waals surface area (Å²) in [5.41, 5.74) is 0.476. The molecule has 0 aliphatic carbocycles. The third kappa shape index (κ3) is 5.42. The zero-order valence-corrected chi connectivity index (χ0v) is 12.0. The van der Waals surface area contributed by atoms with Crippen LogP contribution >= 0.6 is 0 Å². The Morgan fingerprint density at radius 1 is 1.16 bits per heavy atom. The van der Waals surface area contributed by atoms with Gasteiger partial charge in [0.2, 0.25) is 0 Å². The predicted molar refractivity (Wildman–Crippen MR) is 75.7 cm³/mol. The van der Waals surface area contributed by atoms with E-state index in [1.54, 1.807) is 0 Å². The van der Waals surface area contributed by atoms with Crippen molar-refractivity contribution in [2.75, 3.05) is 12.8 Å². The number of carbonyl (C=O) groups is 1. The predicted octanol–water partition coefficient (Wildman–Crippen LogP) is 2.21. The van der Waals surface area contributed by atoms with Gasteiger partial charge in [0.05, 0.1) is 4.90 Å². The average molecular weight is 282 g/mol. The molecule has 4 nitrogen and oxygen atoms in total. The molecular weight excluding hydrogens is 262 g/mol. The minimum Gasteiger partial charge on any atom is -0.352 e. The van der Waals surface area contributed by atoms with Crippen molar-refractivity contribution in [2.24, 2.45) is 0 Å². The normalized spacial score (nSPS) is 11.3. The molecule has 1 radical (unpaired) electrons. The van der Waals surface area contributed by atoms with Gasteiger partial charge in [-0.25, -0.2) is 8.42 Å². The molecule has 0 spiro atoms. The van der Waals surface area contributed by atoms with Crippen molar-refractivity contribution in [1.82, 2.24) is 5.32 Å². The molecule has 0 bridgehead atoms. The summed E-state index contributed by atoms with van der Waals surface area (Å²) in [7, 11) is -3.21. The smallest absolute Gasteiger partial charge is 0.251 e. The molecule has 105 valence electrons. The fourth-order valence-corrected chi connectivity index (χ4v) is 2.27. The Hall–Kier alpha value is -1.36. The van der Waals surface area contributed by atoms with Crippen molar-refractivity contribution in [2.45, 2.75) is 30.6 Å². The molecule has 0 fully saturated rings. The molecular formula is C14H20NO3S. The molecule has 0 aliphatic rings. The van der Waals surface area contributed by atoms with E-state index in [0.29, 0.717) is 12.1 Å². The lowest BCUT2D eigenvalue weighted by Gasteiger charge is -2.05. The lowest BCUT2D eigenvalue weighted by molar-refractivity contribution is 0.0953. The number of hydrogen-bond donors (Lipinski definition) is 1. The SMILES string of the molecule is [CH2]CCCCCNC(=O)c1ccc(S(C)(=O)=O)cc1. The summed E-state index contributed by atoms with van der Waals surface area (Å²) in [4.78, 5) is 12.0. The van der Waals surface area contributed by atoms with Gasteiger partial charge in [-0.2, -0.15) is 0 Å². The minimum absolute atomic E-state index is 0.172. The summed E-state index contributed by atoms with van der Waals surface area (Å²) in [6, 6.07) is 5.96. The van der Waals surface area contributed by atoms with Crippen molar-refractivity contribution >= 4 is 15.7 Å². The number of carbonyl (C=O) groups excluding carboxylic acids is 1. The van der Waals surface area contributed by atoms with Crippen LogP contribution in [0.5, 0.6) is 0 Å². The van der Waals surface area contributed by atoms with Crippen LogP contribution in [0.3, 0.4) is 0 Å². The number of benzene rings is 1. The minimum atomic E-state index is -3.21. The van der Waals surface area contributed by atoms with Gasteiger partial charge in [0, 0.05) is 18.4 Å². The van der Waals surface area contributed by atoms with Gasteiger partial charge in [-0.3, -0.25) is 4.79 Å². The molecule has 1 aromatic carbocycles. The van der Waals surface area contributed by atoms with Crippen molar-refractivity contribution in [3.8, 4) is 0 Å². The summed E-state index contributed by atoms with van der Waals surface area (Å²) in [5.74, 6) is -0.172. The molecule has 0 saturated carbocycles. The van der Waals surface area contributed by atoms with Gasteiger partial charge in [0.1, 0.15) is 0 Å². The third-order valence-electron chi connectivity index (χ3n) is 2.76. The van der Waals surface area contributed by atoms with E-state index in [1.165, 1.54) is 24.3 Å². The van der Waals surface area contributed by atoms with Crippen LogP contribution in [0.2, 0.25) is 0 Å². The van der Waals surface area contributed by atoms with Crippen molar-refractivity contribution in [3.05, 3.63) is 36.8 Å². The highest BCUT2D eigenvalue weighted by Gasteiger charge is 2.09. The Morgan fingerprint density at radius 2 is 1.79 bits per heavy atom. The molecule has 5 heteroatoms. The van der Waals surface area contributed by atoms with Crippen LogP contribution in [-0.4, -0.2) is 27.1 Å². The quantitative estimate of drug-likeness (QED) is 0.780. The molecule has 1 rings (SSSR count). The fraction of sp³-hybridized carbons (Fsp3) is 0.429. The maximum absolute atomic E-state index is 11.8. The molecule has 1 aromatic rings. The van der Waals surface area contributed by atoms with E-state index >= 15 is 0 Å². The van der Waals surface area contributed by atoms with E-state index < -0.39 is 9.84 Å². The summed E-state index contributed by atoms with van der Waals surface area (Å²) in [5, 5.41) is 2.81. The largest absolute Gasteiger partial charge is 0.352 e. The molecule has 0 atom stereocenters. The summed E-state index contributed by atoms with van der Waals surface area (Å²) in [6.45, 7) is 4.39. The van der Waals surface area contributed by atoms with Gasteiger partial charge in [-0.05, 0) is 30.7 Å². The molecule has 0 unspecified atom stereocenters. The zero-order chi connectivity index (χ0) is 14.3. The van der Waals surface area contributed by atoms with Crippen LogP contribution in [0.25, 0.3) is 0 Å². The molecule has 1 N–H and O–H groups in total. The first-order valence-electron chi connectivity index (χ1n) is 6.32. The Balaban J connectivity index is 2.50. The van der Waals surface area contributed by atoms with Crippen molar-refractivity contribution in [1.29, 1.82) is 0 Å². The molecule has 0 heterocycles. The van der Waals surface area contributed by atoms with Crippen LogP contribution in [0, 0.1) is 6.92 Å². The highest BCUT2D eigenvalue weighted by Crippen LogP contribution is 2.10. The number of rotatable bonds is 7. The van der Waals surface area contributed by atoms with Gasteiger partial charge in [0.15, 0.2) is 9.84 Å². The second kappa shape index (κ2) is 7.28. The Bertz CT molecular complexity index is 506. The van der Waals surface area contributed by atoms with E-state index in [0.717, 1.165) is 31.9 Å². The molecule has 1 amide bonds. The van der Waals surface area contributed by atoms with Gasteiger partial charge < -0.3 is 5.32 Å². The second-order valence-electron chi connectivity index (χ2n) is 4.47. The highest BCUT2D eigenvalue weighted by atomic mass is 32.2. The van der Waals surface area contributed by atoms with Gasteiger partial charge in [0.25, 0.3) is 5.91 Å². The van der Waals surface area contributed by atoms with E-state index in [4.69, 9.17) is 0 Å². The standard InChI is InChI=1S/C14H20NO3S/c1-3-4-5-6-11-15-14(16)12-7-9-13(10-8-12)19(2,17)18/h7-10H,1,3-6,11H2,2H3,(H,15,16). The lowest BCUT2D eigenvalue weighted by atomic mass is 10.2. The van der Waals surface area contributed by atoms with E-state index in [-0.39, 0.29) is 10.8 Å². The number of nitrogens with one attached hydrogen (secondary N) is 1. The third-order valence-corrected chi connectivity index (χ3v) is 3.89. The Kier molecular flexibility index (Phi) is 6.02. The zero-order valence-electron chi connectivity index (χ0n) is 11.2. The maximum Gasteiger partial charge on any atom is 0.251 e. The topological polar surface area (TPSA) is 63.2 Å². The van der Waals surface area contributed by atoms with E-state index in [9.17, 15) is 13.2 Å². The first-order valence-corrected chi connectivity index (χ1v) is 8.22. The van der Waals surface area contributed by atoms with Gasteiger partial charge in [-0.15, -0.1) is 0 Å². The summed E-state index contributed by atoms with van der Waals surface area (Å²) < 4.78 is 22.6. The maximum atomic E-state index is 11.8. The van der Waals surface area contributed by atoms with E-state index in [1.807, 2.05) is 0 Å². The molecule has 19 heavy (non-hydrogen) atoms. The number of sulfone groups is 1. The summed E-state index contributed by atoms with van der Waals surface area (Å²) >= 11 is 0. The Morgan fingerprint density at radius 3 is 2.32 bits per heavy atom. The fourth-order valence-electron chi connectivity index (χ4n) is 1.64. The number of unbranched alkanes of at least 4 members (excludes halogenated alkanes) is 3. The van der Waals surface area contributed by atoms with Crippen LogP contribution in [0.1, 0.15) is 36.0 Å². The second-order valence-corrected chi connectivity index (χ2v) is 6.48. The van der Waals surface area contributed by atoms with Gasteiger partial charge in [-0.1, -0.05) is 26.2 Å². The first kappa shape index (κ1) is 15.7. The van der Waals surface area contributed by atoms with Gasteiger partial charge >= 0.3 is 0 Å². The monoisotopic (exact) mass is 282 g/mol. The van der Waals surface area contributed by atoms with Crippen LogP contribution < -0.4 is 5.32 Å². The van der Waals surface area contributed by atoms with Crippen molar-refractivity contribution < 1.29 is 13.2 Å². The Labute approximate surface area is 115 Å². The molecule has 0 aromatic heterocycles. The van der Waals surface area contributed by atoms with Crippen LogP contribution in [0.4, 0.5) is 0 Å². The first-order chi connectivity index (χ1) is 8.95.